The average Bonchev–Trinajstić information content (AvgIpc) is 2.78. The molecule has 2 atom stereocenters. The topological polar surface area (TPSA) is 78.3 Å². The second-order valence-electron chi connectivity index (χ2n) is 7.85. The van der Waals surface area contributed by atoms with Gasteiger partial charge < -0.3 is 10.1 Å². The summed E-state index contributed by atoms with van der Waals surface area (Å²) in [5, 5.41) is 11.7. The zero-order valence-electron chi connectivity index (χ0n) is 16.6. The molecule has 2 aliphatic rings. The van der Waals surface area contributed by atoms with E-state index < -0.39 is 5.54 Å². The zero-order chi connectivity index (χ0) is 20.7. The van der Waals surface area contributed by atoms with Gasteiger partial charge in [-0.1, -0.05) is 36.4 Å². The molecule has 150 valence electrons. The number of nitrogens with zero attached hydrogens (tertiary/aromatic N) is 2. The van der Waals surface area contributed by atoms with Crippen molar-refractivity contribution >= 4 is 11.9 Å². The molecule has 0 aliphatic carbocycles. The van der Waals surface area contributed by atoms with Crippen molar-refractivity contribution in [3.05, 3.63) is 84.2 Å². The first-order chi connectivity index (χ1) is 14.6. The minimum absolute atomic E-state index is 0.0762. The third-order valence-corrected chi connectivity index (χ3v) is 6.00. The molecule has 1 aromatic heterocycles. The molecule has 5 rings (SSSR count). The minimum Gasteiger partial charge on any atom is -0.485 e. The van der Waals surface area contributed by atoms with Crippen molar-refractivity contribution in [1.29, 1.82) is 5.41 Å². The molecule has 30 heavy (non-hydrogen) atoms. The number of hydrogen-bond donors (Lipinski definition) is 2. The van der Waals surface area contributed by atoms with Crippen molar-refractivity contribution in [3.8, 4) is 16.9 Å². The second kappa shape index (κ2) is 6.99. The number of fused-ring (bicyclic) bond motifs is 2. The predicted octanol–water partition coefficient (Wildman–Crippen LogP) is 3.85. The lowest BCUT2D eigenvalue weighted by atomic mass is 9.76. The van der Waals surface area contributed by atoms with Crippen LogP contribution in [-0.2, 0) is 10.3 Å². The Bertz CT molecular complexity index is 1100. The molecule has 2 aliphatic heterocycles. The number of nitrogens with one attached hydrogen (secondary N) is 2. The summed E-state index contributed by atoms with van der Waals surface area (Å²) < 4.78 is 6.39. The lowest BCUT2D eigenvalue weighted by molar-refractivity contribution is -0.130. The molecule has 0 bridgehead atoms. The van der Waals surface area contributed by atoms with Crippen LogP contribution in [0.3, 0.4) is 0 Å². The highest BCUT2D eigenvalue weighted by molar-refractivity contribution is 5.99. The van der Waals surface area contributed by atoms with Crippen molar-refractivity contribution in [2.75, 3.05) is 7.05 Å². The van der Waals surface area contributed by atoms with Crippen molar-refractivity contribution in [2.45, 2.75) is 24.5 Å². The first-order valence-electron chi connectivity index (χ1n) is 9.96. The average molecular weight is 398 g/mol. The molecule has 1 amide bonds. The van der Waals surface area contributed by atoms with Crippen molar-refractivity contribution < 1.29 is 9.53 Å². The van der Waals surface area contributed by atoms with Gasteiger partial charge in [0.2, 0.25) is 5.91 Å². The van der Waals surface area contributed by atoms with Crippen LogP contribution in [0.4, 0.5) is 0 Å². The fourth-order valence-corrected chi connectivity index (χ4v) is 4.35. The van der Waals surface area contributed by atoms with Crippen LogP contribution >= 0.6 is 0 Å². The highest BCUT2D eigenvalue weighted by Crippen LogP contribution is 2.48. The van der Waals surface area contributed by atoms with Crippen LogP contribution in [0.2, 0.25) is 0 Å². The van der Waals surface area contributed by atoms with Crippen LogP contribution in [0.1, 0.15) is 30.1 Å². The van der Waals surface area contributed by atoms with Gasteiger partial charge in [-0.05, 0) is 41.0 Å². The van der Waals surface area contributed by atoms with Crippen LogP contribution in [0.5, 0.6) is 5.75 Å². The Morgan fingerprint density at radius 3 is 2.60 bits per heavy atom. The number of carbonyl (C=O) groups excluding carboxylic acids is 1. The summed E-state index contributed by atoms with van der Waals surface area (Å²) in [5.74, 6) is 0.776. The van der Waals surface area contributed by atoms with Crippen LogP contribution in [0.15, 0.2) is 73.1 Å². The molecule has 3 aromatic rings. The Hall–Kier alpha value is -3.67. The molecular weight excluding hydrogens is 376 g/mol. The Morgan fingerprint density at radius 1 is 1.10 bits per heavy atom. The van der Waals surface area contributed by atoms with Gasteiger partial charge in [-0.25, -0.2) is 0 Å². The molecule has 6 nitrogen and oxygen atoms in total. The summed E-state index contributed by atoms with van der Waals surface area (Å²) in [7, 11) is 1.63. The molecule has 6 heteroatoms. The summed E-state index contributed by atoms with van der Waals surface area (Å²) in [6.07, 6.45) is 4.15. The third-order valence-electron chi connectivity index (χ3n) is 6.00. The number of pyridine rings is 1. The Balaban J connectivity index is 1.64. The summed E-state index contributed by atoms with van der Waals surface area (Å²) in [6.45, 7) is 0. The maximum absolute atomic E-state index is 12.8. The second-order valence-corrected chi connectivity index (χ2v) is 7.85. The molecule has 1 spiro atoms. The van der Waals surface area contributed by atoms with Gasteiger partial charge in [-0.3, -0.25) is 20.1 Å². The van der Waals surface area contributed by atoms with E-state index in [4.69, 9.17) is 10.1 Å². The number of aromatic nitrogens is 1. The van der Waals surface area contributed by atoms with Gasteiger partial charge in [0.25, 0.3) is 0 Å². The highest BCUT2D eigenvalue weighted by atomic mass is 16.5. The molecule has 1 saturated heterocycles. The molecule has 2 aromatic carbocycles. The van der Waals surface area contributed by atoms with E-state index in [9.17, 15) is 4.79 Å². The lowest BCUT2D eigenvalue weighted by Crippen LogP contribution is -2.61. The fourth-order valence-electron chi connectivity index (χ4n) is 4.35. The first kappa shape index (κ1) is 18.4. The van der Waals surface area contributed by atoms with Gasteiger partial charge in [0.05, 0.1) is 12.0 Å². The van der Waals surface area contributed by atoms with E-state index in [2.05, 4.69) is 16.4 Å². The Labute approximate surface area is 175 Å². The van der Waals surface area contributed by atoms with Crippen LogP contribution in [0.25, 0.3) is 11.1 Å². The number of benzene rings is 2. The lowest BCUT2D eigenvalue weighted by Gasteiger charge is -2.47. The first-order valence-corrected chi connectivity index (χ1v) is 9.96. The summed E-state index contributed by atoms with van der Waals surface area (Å²) in [5.41, 5.74) is 3.34. The van der Waals surface area contributed by atoms with E-state index in [0.717, 1.165) is 28.0 Å². The smallest absolute Gasteiger partial charge is 0.231 e. The molecular formula is C24H22N4O2. The van der Waals surface area contributed by atoms with E-state index >= 15 is 0 Å². The number of hydrogen-bond acceptors (Lipinski definition) is 4. The molecule has 3 heterocycles. The highest BCUT2D eigenvalue weighted by Gasteiger charge is 2.48. The van der Waals surface area contributed by atoms with Crippen LogP contribution in [0, 0.1) is 5.41 Å². The van der Waals surface area contributed by atoms with Gasteiger partial charge >= 0.3 is 0 Å². The Morgan fingerprint density at radius 2 is 1.87 bits per heavy atom. The Kier molecular flexibility index (Phi) is 4.28. The van der Waals surface area contributed by atoms with Crippen LogP contribution < -0.4 is 10.1 Å². The summed E-state index contributed by atoms with van der Waals surface area (Å²) in [4.78, 5) is 18.2. The van der Waals surface area contributed by atoms with Gasteiger partial charge in [0.15, 0.2) is 5.96 Å². The number of guanidine groups is 1. The van der Waals surface area contributed by atoms with Gasteiger partial charge in [0, 0.05) is 31.4 Å². The van der Waals surface area contributed by atoms with Crippen molar-refractivity contribution in [1.82, 2.24) is 15.2 Å². The molecule has 0 unspecified atom stereocenters. The fraction of sp³-hybridized carbons (Fsp3) is 0.208. The third kappa shape index (κ3) is 3.01. The van der Waals surface area contributed by atoms with Crippen molar-refractivity contribution in [3.63, 3.8) is 0 Å². The van der Waals surface area contributed by atoms with E-state index in [0.29, 0.717) is 6.42 Å². The normalized spacial score (nSPS) is 23.0. The molecule has 1 fully saturated rings. The van der Waals surface area contributed by atoms with E-state index in [1.807, 2.05) is 54.6 Å². The summed E-state index contributed by atoms with van der Waals surface area (Å²) in [6, 6.07) is 20.0. The number of carbonyl (C=O) groups is 1. The summed E-state index contributed by atoms with van der Waals surface area (Å²) >= 11 is 0. The van der Waals surface area contributed by atoms with E-state index in [-0.39, 0.29) is 24.4 Å². The molecule has 0 saturated carbocycles. The maximum Gasteiger partial charge on any atom is 0.231 e. The van der Waals surface area contributed by atoms with E-state index in [1.165, 1.54) is 4.90 Å². The SMILES string of the molecule is CN1C(=N)N[C@@]2(CC1=O)C[C@H](c1ccccc1)Oc1ccc(-c3ccncc3)cc12. The largest absolute Gasteiger partial charge is 0.485 e. The zero-order valence-corrected chi connectivity index (χ0v) is 16.6. The minimum atomic E-state index is -0.697. The maximum atomic E-state index is 12.8. The number of ether oxygens (including phenoxy) is 1. The van der Waals surface area contributed by atoms with Gasteiger partial charge in [0.1, 0.15) is 11.9 Å². The quantitative estimate of drug-likeness (QED) is 0.687. The monoisotopic (exact) mass is 398 g/mol. The predicted molar refractivity (Wildman–Crippen MR) is 114 cm³/mol. The number of rotatable bonds is 2. The van der Waals surface area contributed by atoms with Crippen molar-refractivity contribution in [2.24, 2.45) is 0 Å². The van der Waals surface area contributed by atoms with Gasteiger partial charge in [-0.15, -0.1) is 0 Å². The molecule has 2 N–H and O–H groups in total. The van der Waals surface area contributed by atoms with E-state index in [1.54, 1.807) is 19.4 Å². The van der Waals surface area contributed by atoms with Gasteiger partial charge in [-0.2, -0.15) is 0 Å². The standard InChI is InChI=1S/C24H22N4O2/c1-28-22(29)15-24(27-23(28)25)14-21(17-5-3-2-4-6-17)30-20-8-7-18(13-19(20)24)16-9-11-26-12-10-16/h2-13,21H,14-15H2,1H3,(H2,25,27)/t21-,24-/m1/s1. The number of amides is 1. The molecule has 0 radical (unpaired) electrons. The van der Waals surface area contributed by atoms with Crippen LogP contribution in [-0.4, -0.2) is 28.8 Å².